The van der Waals surface area contributed by atoms with E-state index in [-0.39, 0.29) is 11.8 Å². The molecule has 0 fully saturated rings. The summed E-state index contributed by atoms with van der Waals surface area (Å²) < 4.78 is 0. The molecule has 0 radical (unpaired) electrons. The van der Waals surface area contributed by atoms with E-state index in [1.54, 1.807) is 67.0 Å². The van der Waals surface area contributed by atoms with Crippen molar-refractivity contribution in [2.24, 2.45) is 5.10 Å². The minimum absolute atomic E-state index is 0.205. The van der Waals surface area contributed by atoms with Gasteiger partial charge in [-0.15, -0.1) is 0 Å². The lowest BCUT2D eigenvalue weighted by atomic mass is 10.2. The number of rotatable bonds is 5. The molecule has 0 aliphatic carbocycles. The highest BCUT2D eigenvalue weighted by Crippen LogP contribution is 2.11. The molecule has 2 amide bonds. The standard InChI is InChI=1S/C20H16N4O2/c25-19(16-6-2-1-3-7-16)23-18-10-8-17(9-11-18)20(26)24-22-14-15-5-4-12-21-13-15/h1-14H,(H,23,25)(H,24,26)/b22-14+. The monoisotopic (exact) mass is 344 g/mol. The quantitative estimate of drug-likeness (QED) is 0.551. The molecule has 1 aromatic heterocycles. The van der Waals surface area contributed by atoms with Gasteiger partial charge in [0.1, 0.15) is 0 Å². The minimum atomic E-state index is -0.342. The SMILES string of the molecule is O=C(N/N=C/c1cccnc1)c1ccc(NC(=O)c2ccccc2)cc1. The summed E-state index contributed by atoms with van der Waals surface area (Å²) in [6, 6.07) is 19.1. The van der Waals surface area contributed by atoms with Crippen molar-refractivity contribution < 1.29 is 9.59 Å². The van der Waals surface area contributed by atoms with E-state index in [4.69, 9.17) is 0 Å². The highest BCUT2D eigenvalue weighted by atomic mass is 16.2. The summed E-state index contributed by atoms with van der Waals surface area (Å²) in [5.74, 6) is -0.546. The Kier molecular flexibility index (Phi) is 5.47. The number of nitrogens with one attached hydrogen (secondary N) is 2. The lowest BCUT2D eigenvalue weighted by Gasteiger charge is -2.06. The van der Waals surface area contributed by atoms with E-state index in [0.717, 1.165) is 5.56 Å². The van der Waals surface area contributed by atoms with E-state index in [0.29, 0.717) is 16.8 Å². The zero-order valence-electron chi connectivity index (χ0n) is 13.8. The van der Waals surface area contributed by atoms with Gasteiger partial charge in [0.2, 0.25) is 0 Å². The van der Waals surface area contributed by atoms with Crippen LogP contribution in [0.1, 0.15) is 26.3 Å². The van der Waals surface area contributed by atoms with Crippen molar-refractivity contribution in [2.75, 3.05) is 5.32 Å². The average molecular weight is 344 g/mol. The maximum atomic E-state index is 12.1. The Morgan fingerprint density at radius 3 is 2.27 bits per heavy atom. The van der Waals surface area contributed by atoms with Gasteiger partial charge in [-0.3, -0.25) is 14.6 Å². The second kappa shape index (κ2) is 8.34. The van der Waals surface area contributed by atoms with Crippen LogP contribution in [0.3, 0.4) is 0 Å². The third kappa shape index (κ3) is 4.61. The van der Waals surface area contributed by atoms with Gasteiger partial charge in [0, 0.05) is 34.8 Å². The number of nitrogens with zero attached hydrogens (tertiary/aromatic N) is 2. The summed E-state index contributed by atoms with van der Waals surface area (Å²) in [7, 11) is 0. The number of carbonyl (C=O) groups excluding carboxylic acids is 2. The van der Waals surface area contributed by atoms with Crippen molar-refractivity contribution >= 4 is 23.7 Å². The Labute approximate surface area is 150 Å². The Bertz CT molecular complexity index is 908. The molecule has 2 aromatic carbocycles. The maximum absolute atomic E-state index is 12.1. The van der Waals surface area contributed by atoms with Gasteiger partial charge >= 0.3 is 0 Å². The van der Waals surface area contributed by atoms with Gasteiger partial charge in [0.25, 0.3) is 11.8 Å². The second-order valence-corrected chi connectivity index (χ2v) is 5.38. The number of benzene rings is 2. The first kappa shape index (κ1) is 17.0. The molecule has 0 aliphatic rings. The van der Waals surface area contributed by atoms with Gasteiger partial charge in [-0.25, -0.2) is 5.43 Å². The minimum Gasteiger partial charge on any atom is -0.322 e. The molecular weight excluding hydrogens is 328 g/mol. The van der Waals surface area contributed by atoms with E-state index >= 15 is 0 Å². The molecule has 0 unspecified atom stereocenters. The van der Waals surface area contributed by atoms with Gasteiger partial charge in [0.15, 0.2) is 0 Å². The summed E-state index contributed by atoms with van der Waals surface area (Å²) in [4.78, 5) is 28.1. The Morgan fingerprint density at radius 2 is 1.58 bits per heavy atom. The van der Waals surface area contributed by atoms with Crippen LogP contribution in [0.25, 0.3) is 0 Å². The first-order valence-corrected chi connectivity index (χ1v) is 7.92. The third-order valence-electron chi connectivity index (χ3n) is 3.51. The normalized spacial score (nSPS) is 10.5. The molecule has 6 nitrogen and oxygen atoms in total. The third-order valence-corrected chi connectivity index (χ3v) is 3.51. The van der Waals surface area contributed by atoms with Crippen molar-refractivity contribution in [3.05, 3.63) is 95.8 Å². The van der Waals surface area contributed by atoms with E-state index in [2.05, 4.69) is 20.8 Å². The van der Waals surface area contributed by atoms with E-state index in [9.17, 15) is 9.59 Å². The molecule has 0 saturated heterocycles. The van der Waals surface area contributed by atoms with Crippen molar-refractivity contribution in [3.8, 4) is 0 Å². The van der Waals surface area contributed by atoms with Crippen LogP contribution >= 0.6 is 0 Å². The number of pyridine rings is 1. The fourth-order valence-corrected chi connectivity index (χ4v) is 2.18. The summed E-state index contributed by atoms with van der Waals surface area (Å²) in [5.41, 5.74) is 4.84. The number of amides is 2. The van der Waals surface area contributed by atoms with Crippen molar-refractivity contribution in [1.82, 2.24) is 10.4 Å². The van der Waals surface area contributed by atoms with Crippen LogP contribution in [0.2, 0.25) is 0 Å². The molecule has 6 heteroatoms. The van der Waals surface area contributed by atoms with Crippen LogP contribution in [0.15, 0.2) is 84.2 Å². The van der Waals surface area contributed by atoms with E-state index in [1.807, 2.05) is 12.1 Å². The molecule has 2 N–H and O–H groups in total. The van der Waals surface area contributed by atoms with Crippen molar-refractivity contribution in [2.45, 2.75) is 0 Å². The largest absolute Gasteiger partial charge is 0.322 e. The fourth-order valence-electron chi connectivity index (χ4n) is 2.18. The molecule has 0 saturated carbocycles. The predicted molar refractivity (Wildman–Crippen MR) is 100 cm³/mol. The van der Waals surface area contributed by atoms with Crippen molar-refractivity contribution in [3.63, 3.8) is 0 Å². The number of hydrazone groups is 1. The highest BCUT2D eigenvalue weighted by molar-refractivity contribution is 6.04. The molecule has 1 heterocycles. The number of hydrogen-bond acceptors (Lipinski definition) is 4. The van der Waals surface area contributed by atoms with Gasteiger partial charge in [-0.2, -0.15) is 5.10 Å². The van der Waals surface area contributed by atoms with E-state index in [1.165, 1.54) is 6.21 Å². The molecular formula is C20H16N4O2. The van der Waals surface area contributed by atoms with Gasteiger partial charge in [0.05, 0.1) is 6.21 Å². The summed E-state index contributed by atoms with van der Waals surface area (Å²) in [6.07, 6.45) is 4.81. The summed E-state index contributed by atoms with van der Waals surface area (Å²) in [6.45, 7) is 0. The fraction of sp³-hybridized carbons (Fsp3) is 0. The molecule has 128 valence electrons. The van der Waals surface area contributed by atoms with Crippen LogP contribution in [-0.2, 0) is 0 Å². The van der Waals surface area contributed by atoms with Gasteiger partial charge in [-0.05, 0) is 42.5 Å². The molecule has 0 spiro atoms. The van der Waals surface area contributed by atoms with Crippen LogP contribution in [0.5, 0.6) is 0 Å². The number of anilines is 1. The molecule has 3 aromatic rings. The van der Waals surface area contributed by atoms with Crippen LogP contribution in [0.4, 0.5) is 5.69 Å². The highest BCUT2D eigenvalue weighted by Gasteiger charge is 2.07. The zero-order chi connectivity index (χ0) is 18.2. The van der Waals surface area contributed by atoms with Crippen molar-refractivity contribution in [1.29, 1.82) is 0 Å². The zero-order valence-corrected chi connectivity index (χ0v) is 13.8. The average Bonchev–Trinajstić information content (AvgIpc) is 2.70. The smallest absolute Gasteiger partial charge is 0.271 e. The second-order valence-electron chi connectivity index (χ2n) is 5.38. The number of aromatic nitrogens is 1. The van der Waals surface area contributed by atoms with Crippen LogP contribution in [0, 0.1) is 0 Å². The summed E-state index contributed by atoms with van der Waals surface area (Å²) in [5, 5.41) is 6.68. The molecule has 0 bridgehead atoms. The molecule has 26 heavy (non-hydrogen) atoms. The van der Waals surface area contributed by atoms with Gasteiger partial charge in [-0.1, -0.05) is 24.3 Å². The lowest BCUT2D eigenvalue weighted by molar-refractivity contribution is 0.0954. The predicted octanol–water partition coefficient (Wildman–Crippen LogP) is 3.10. The number of carbonyl (C=O) groups is 2. The first-order valence-electron chi connectivity index (χ1n) is 7.92. The van der Waals surface area contributed by atoms with E-state index < -0.39 is 0 Å². The molecule has 0 atom stereocenters. The Balaban J connectivity index is 1.57. The maximum Gasteiger partial charge on any atom is 0.271 e. The topological polar surface area (TPSA) is 83.4 Å². The van der Waals surface area contributed by atoms with Crippen LogP contribution in [-0.4, -0.2) is 23.0 Å². The Hall–Kier alpha value is -3.80. The first-order chi connectivity index (χ1) is 12.7. The van der Waals surface area contributed by atoms with Crippen LogP contribution < -0.4 is 10.7 Å². The molecule has 3 rings (SSSR count). The summed E-state index contributed by atoms with van der Waals surface area (Å²) >= 11 is 0. The number of hydrogen-bond donors (Lipinski definition) is 2. The van der Waals surface area contributed by atoms with Gasteiger partial charge < -0.3 is 5.32 Å². The molecule has 0 aliphatic heterocycles. The Morgan fingerprint density at radius 1 is 0.846 bits per heavy atom. The lowest BCUT2D eigenvalue weighted by Crippen LogP contribution is -2.17.